The topological polar surface area (TPSA) is 52.6 Å². The molecule has 1 fully saturated rings. The number of likely N-dealkylation sites (tertiary alicyclic amines) is 1. The van der Waals surface area contributed by atoms with E-state index in [1.54, 1.807) is 0 Å². The average molecular weight is 459 g/mol. The van der Waals surface area contributed by atoms with Crippen LogP contribution in [0.5, 0.6) is 0 Å². The summed E-state index contributed by atoms with van der Waals surface area (Å²) in [6, 6.07) is 4.05. The quantitative estimate of drug-likeness (QED) is 0.285. The van der Waals surface area contributed by atoms with Gasteiger partial charge < -0.3 is 15.5 Å². The Morgan fingerprint density at radius 1 is 1.32 bits per heavy atom. The van der Waals surface area contributed by atoms with Crippen LogP contribution < -0.4 is 10.6 Å². The maximum absolute atomic E-state index is 4.66. The number of pyridine rings is 1. The van der Waals surface area contributed by atoms with Gasteiger partial charge in [0.05, 0.1) is 12.2 Å². The third-order valence-electron chi connectivity index (χ3n) is 4.67. The molecule has 0 unspecified atom stereocenters. The summed E-state index contributed by atoms with van der Waals surface area (Å²) in [5.74, 6) is 1.79. The van der Waals surface area contributed by atoms with Crippen molar-refractivity contribution in [3.8, 4) is 0 Å². The minimum atomic E-state index is 0. The number of halogens is 1. The molecule has 0 saturated carbocycles. The fourth-order valence-corrected chi connectivity index (χ4v) is 2.97. The molecule has 1 saturated heterocycles. The second kappa shape index (κ2) is 12.5. The summed E-state index contributed by atoms with van der Waals surface area (Å²) >= 11 is 0. The SMILES string of the molecule is CCNC(=NCc1ncccc1C)NCCCN1CCC(C)CC1.I. The van der Waals surface area contributed by atoms with Crippen molar-refractivity contribution in [3.05, 3.63) is 29.6 Å². The number of nitrogens with zero attached hydrogens (tertiary/aromatic N) is 3. The highest BCUT2D eigenvalue weighted by Crippen LogP contribution is 2.15. The second-order valence-corrected chi connectivity index (χ2v) is 6.77. The Bertz CT molecular complexity index is 512. The number of aromatic nitrogens is 1. The van der Waals surface area contributed by atoms with Crippen LogP contribution in [0.4, 0.5) is 0 Å². The van der Waals surface area contributed by atoms with Crippen LogP contribution in [0.3, 0.4) is 0 Å². The first-order chi connectivity index (χ1) is 11.7. The predicted molar refractivity (Wildman–Crippen MR) is 117 cm³/mol. The van der Waals surface area contributed by atoms with Gasteiger partial charge in [-0.2, -0.15) is 0 Å². The van der Waals surface area contributed by atoms with Gasteiger partial charge in [-0.3, -0.25) is 4.98 Å². The van der Waals surface area contributed by atoms with Crippen molar-refractivity contribution in [2.24, 2.45) is 10.9 Å². The van der Waals surface area contributed by atoms with E-state index in [0.717, 1.165) is 37.1 Å². The van der Waals surface area contributed by atoms with Crippen molar-refractivity contribution in [2.45, 2.75) is 46.6 Å². The molecule has 2 N–H and O–H groups in total. The Morgan fingerprint density at radius 2 is 2.08 bits per heavy atom. The van der Waals surface area contributed by atoms with E-state index in [0.29, 0.717) is 6.54 Å². The Hall–Kier alpha value is -0.890. The maximum atomic E-state index is 4.66. The zero-order chi connectivity index (χ0) is 17.2. The van der Waals surface area contributed by atoms with E-state index in [-0.39, 0.29) is 24.0 Å². The molecule has 0 spiro atoms. The van der Waals surface area contributed by atoms with Gasteiger partial charge in [-0.05, 0) is 70.3 Å². The molecule has 1 aromatic heterocycles. The molecule has 25 heavy (non-hydrogen) atoms. The van der Waals surface area contributed by atoms with E-state index in [9.17, 15) is 0 Å². The van der Waals surface area contributed by atoms with Crippen molar-refractivity contribution in [1.82, 2.24) is 20.5 Å². The van der Waals surface area contributed by atoms with Crippen molar-refractivity contribution in [2.75, 3.05) is 32.7 Å². The van der Waals surface area contributed by atoms with Crippen molar-refractivity contribution < 1.29 is 0 Å². The smallest absolute Gasteiger partial charge is 0.191 e. The van der Waals surface area contributed by atoms with Gasteiger partial charge >= 0.3 is 0 Å². The first-order valence-electron chi connectivity index (χ1n) is 9.34. The van der Waals surface area contributed by atoms with Crippen molar-refractivity contribution in [1.29, 1.82) is 0 Å². The van der Waals surface area contributed by atoms with Crippen LogP contribution in [0, 0.1) is 12.8 Å². The lowest BCUT2D eigenvalue weighted by molar-refractivity contribution is 0.191. The molecular formula is C19H34IN5. The Kier molecular flexibility index (Phi) is 11.0. The molecule has 1 aromatic rings. The molecule has 2 heterocycles. The van der Waals surface area contributed by atoms with Gasteiger partial charge in [-0.15, -0.1) is 24.0 Å². The van der Waals surface area contributed by atoms with Crippen LogP contribution in [0.25, 0.3) is 0 Å². The molecule has 5 nitrogen and oxygen atoms in total. The van der Waals surface area contributed by atoms with Crippen LogP contribution >= 0.6 is 24.0 Å². The lowest BCUT2D eigenvalue weighted by atomic mass is 9.99. The number of nitrogens with one attached hydrogen (secondary N) is 2. The van der Waals surface area contributed by atoms with Crippen molar-refractivity contribution in [3.63, 3.8) is 0 Å². The number of aryl methyl sites for hydroxylation is 1. The number of aliphatic imine (C=N–C) groups is 1. The third-order valence-corrected chi connectivity index (χ3v) is 4.67. The van der Waals surface area contributed by atoms with Gasteiger partial charge in [0.15, 0.2) is 5.96 Å². The molecule has 1 aliphatic rings. The summed E-state index contributed by atoms with van der Waals surface area (Å²) in [5.41, 5.74) is 2.23. The van der Waals surface area contributed by atoms with Crippen LogP contribution in [-0.4, -0.2) is 48.6 Å². The van der Waals surface area contributed by atoms with Crippen LogP contribution in [0.15, 0.2) is 23.3 Å². The number of piperidine rings is 1. The Morgan fingerprint density at radius 3 is 2.76 bits per heavy atom. The Balaban J connectivity index is 0.00000312. The summed E-state index contributed by atoms with van der Waals surface area (Å²) in [6.45, 7) is 12.7. The highest BCUT2D eigenvalue weighted by atomic mass is 127. The molecular weight excluding hydrogens is 425 g/mol. The highest BCUT2D eigenvalue weighted by Gasteiger charge is 2.14. The second-order valence-electron chi connectivity index (χ2n) is 6.77. The highest BCUT2D eigenvalue weighted by molar-refractivity contribution is 14.0. The predicted octanol–water partition coefficient (Wildman–Crippen LogP) is 3.19. The van der Waals surface area contributed by atoms with Crippen LogP contribution in [0.1, 0.15) is 44.4 Å². The normalized spacial score (nSPS) is 16.4. The summed E-state index contributed by atoms with van der Waals surface area (Å²) in [5, 5.41) is 6.76. The van der Waals surface area contributed by atoms with Gasteiger partial charge in [0.1, 0.15) is 0 Å². The molecule has 142 valence electrons. The number of guanidine groups is 1. The lowest BCUT2D eigenvalue weighted by Gasteiger charge is -2.30. The summed E-state index contributed by atoms with van der Waals surface area (Å²) < 4.78 is 0. The molecule has 0 bridgehead atoms. The third kappa shape index (κ3) is 8.35. The lowest BCUT2D eigenvalue weighted by Crippen LogP contribution is -2.39. The van der Waals surface area contributed by atoms with Crippen LogP contribution in [-0.2, 0) is 6.54 Å². The van der Waals surface area contributed by atoms with E-state index < -0.39 is 0 Å². The number of hydrogen-bond acceptors (Lipinski definition) is 3. The Labute approximate surface area is 170 Å². The van der Waals surface area contributed by atoms with Crippen LogP contribution in [0.2, 0.25) is 0 Å². The first kappa shape index (κ1) is 22.2. The minimum absolute atomic E-state index is 0. The molecule has 0 aliphatic carbocycles. The van der Waals surface area contributed by atoms with E-state index in [2.05, 4.69) is 52.3 Å². The van der Waals surface area contributed by atoms with Gasteiger partial charge in [-0.25, -0.2) is 4.99 Å². The zero-order valence-electron chi connectivity index (χ0n) is 15.9. The molecule has 0 amide bonds. The van der Waals surface area contributed by atoms with Gasteiger partial charge in [-0.1, -0.05) is 13.0 Å². The maximum Gasteiger partial charge on any atom is 0.191 e. The minimum Gasteiger partial charge on any atom is -0.357 e. The first-order valence-corrected chi connectivity index (χ1v) is 9.34. The fourth-order valence-electron chi connectivity index (χ4n) is 2.97. The molecule has 0 atom stereocenters. The van der Waals surface area contributed by atoms with Gasteiger partial charge in [0.2, 0.25) is 0 Å². The number of hydrogen-bond donors (Lipinski definition) is 2. The molecule has 2 rings (SSSR count). The molecule has 6 heteroatoms. The van der Waals surface area contributed by atoms with E-state index in [1.807, 2.05) is 12.3 Å². The van der Waals surface area contributed by atoms with Crippen molar-refractivity contribution >= 4 is 29.9 Å². The summed E-state index contributed by atoms with van der Waals surface area (Å²) in [6.07, 6.45) is 5.68. The molecule has 0 radical (unpaired) electrons. The molecule has 1 aliphatic heterocycles. The summed E-state index contributed by atoms with van der Waals surface area (Å²) in [4.78, 5) is 11.6. The average Bonchev–Trinajstić information content (AvgIpc) is 2.59. The zero-order valence-corrected chi connectivity index (χ0v) is 18.3. The van der Waals surface area contributed by atoms with E-state index in [4.69, 9.17) is 0 Å². The number of rotatable bonds is 7. The fraction of sp³-hybridized carbons (Fsp3) is 0.684. The van der Waals surface area contributed by atoms with E-state index in [1.165, 1.54) is 38.0 Å². The summed E-state index contributed by atoms with van der Waals surface area (Å²) in [7, 11) is 0. The van der Waals surface area contributed by atoms with E-state index >= 15 is 0 Å². The molecule has 0 aromatic carbocycles. The van der Waals surface area contributed by atoms with Gasteiger partial charge in [0, 0.05) is 19.3 Å². The standard InChI is InChI=1S/C19H33N5.HI/c1-4-20-19(23-15-18-17(3)7-5-10-21-18)22-11-6-12-24-13-8-16(2)9-14-24;/h5,7,10,16H,4,6,8-9,11-15H2,1-3H3,(H2,20,22,23);1H. The monoisotopic (exact) mass is 459 g/mol. The van der Waals surface area contributed by atoms with Gasteiger partial charge in [0.25, 0.3) is 0 Å². The largest absolute Gasteiger partial charge is 0.357 e.